The largest absolute Gasteiger partial charge is 0.357 e. The van der Waals surface area contributed by atoms with Crippen molar-refractivity contribution < 1.29 is 0 Å². The van der Waals surface area contributed by atoms with Crippen molar-refractivity contribution in [2.75, 3.05) is 24.5 Å². The summed E-state index contributed by atoms with van der Waals surface area (Å²) in [6.45, 7) is 12.5. The molecular formula is C13H24N4. The molecule has 0 aliphatic heterocycles. The Labute approximate surface area is 104 Å². The summed E-state index contributed by atoms with van der Waals surface area (Å²) >= 11 is 0. The van der Waals surface area contributed by atoms with Crippen LogP contribution < -0.4 is 10.2 Å². The summed E-state index contributed by atoms with van der Waals surface area (Å²) < 4.78 is 0. The monoisotopic (exact) mass is 236 g/mol. The van der Waals surface area contributed by atoms with Gasteiger partial charge in [0.25, 0.3) is 0 Å². The molecule has 0 radical (unpaired) electrons. The average molecular weight is 236 g/mol. The zero-order valence-corrected chi connectivity index (χ0v) is 11.4. The highest BCUT2D eigenvalue weighted by Gasteiger charge is 2.09. The van der Waals surface area contributed by atoms with E-state index in [0.717, 1.165) is 32.0 Å². The van der Waals surface area contributed by atoms with Crippen molar-refractivity contribution in [1.29, 1.82) is 0 Å². The van der Waals surface area contributed by atoms with Gasteiger partial charge in [0.05, 0.1) is 0 Å². The van der Waals surface area contributed by atoms with Crippen LogP contribution in [0.2, 0.25) is 0 Å². The maximum atomic E-state index is 4.39. The molecule has 0 unspecified atom stereocenters. The van der Waals surface area contributed by atoms with E-state index in [-0.39, 0.29) is 0 Å². The summed E-state index contributed by atoms with van der Waals surface area (Å²) in [5.74, 6) is 1.72. The van der Waals surface area contributed by atoms with Gasteiger partial charge < -0.3 is 10.2 Å². The number of hydrogen-bond donors (Lipinski definition) is 1. The van der Waals surface area contributed by atoms with Crippen molar-refractivity contribution in [3.05, 3.63) is 18.1 Å². The average Bonchev–Trinajstić information content (AvgIpc) is 2.32. The first-order valence-corrected chi connectivity index (χ1v) is 6.43. The van der Waals surface area contributed by atoms with E-state index in [2.05, 4.69) is 47.9 Å². The molecule has 96 valence electrons. The summed E-state index contributed by atoms with van der Waals surface area (Å²) in [7, 11) is 0. The highest BCUT2D eigenvalue weighted by Crippen LogP contribution is 2.15. The van der Waals surface area contributed by atoms with Crippen LogP contribution in [0, 0.1) is 5.92 Å². The number of rotatable bonds is 7. The standard InChI is InChI=1S/C13H24N4/c1-5-17(6-2)13-12(9-15-10-16-13)8-14-7-11(3)4/h9-11,14H,5-8H2,1-4H3. The van der Waals surface area contributed by atoms with E-state index in [0.29, 0.717) is 5.92 Å². The zero-order valence-electron chi connectivity index (χ0n) is 11.4. The van der Waals surface area contributed by atoms with Crippen LogP contribution >= 0.6 is 0 Å². The van der Waals surface area contributed by atoms with E-state index in [1.165, 1.54) is 5.56 Å². The second-order valence-corrected chi connectivity index (χ2v) is 4.57. The van der Waals surface area contributed by atoms with Crippen LogP contribution in [0.25, 0.3) is 0 Å². The van der Waals surface area contributed by atoms with Gasteiger partial charge in [0, 0.05) is 31.4 Å². The molecule has 0 aliphatic rings. The highest BCUT2D eigenvalue weighted by atomic mass is 15.2. The number of anilines is 1. The SMILES string of the molecule is CCN(CC)c1ncncc1CNCC(C)C. The molecule has 0 spiro atoms. The molecule has 0 fully saturated rings. The molecule has 0 atom stereocenters. The number of hydrogen-bond acceptors (Lipinski definition) is 4. The Kier molecular flexibility index (Phi) is 5.91. The van der Waals surface area contributed by atoms with Crippen LogP contribution in [-0.2, 0) is 6.54 Å². The molecule has 1 rings (SSSR count). The summed E-state index contributed by atoms with van der Waals surface area (Å²) in [6.07, 6.45) is 3.54. The van der Waals surface area contributed by atoms with E-state index in [1.807, 2.05) is 6.20 Å². The Morgan fingerprint density at radius 1 is 1.29 bits per heavy atom. The second-order valence-electron chi connectivity index (χ2n) is 4.57. The van der Waals surface area contributed by atoms with Gasteiger partial charge >= 0.3 is 0 Å². The van der Waals surface area contributed by atoms with Crippen molar-refractivity contribution in [3.63, 3.8) is 0 Å². The molecule has 0 saturated heterocycles. The first-order chi connectivity index (χ1) is 8.19. The molecule has 0 amide bonds. The predicted molar refractivity (Wildman–Crippen MR) is 72.1 cm³/mol. The van der Waals surface area contributed by atoms with Crippen LogP contribution in [0.15, 0.2) is 12.5 Å². The van der Waals surface area contributed by atoms with Gasteiger partial charge in [-0.15, -0.1) is 0 Å². The summed E-state index contributed by atoms with van der Waals surface area (Å²) in [6, 6.07) is 0. The van der Waals surface area contributed by atoms with Gasteiger partial charge in [0.2, 0.25) is 0 Å². The van der Waals surface area contributed by atoms with Crippen LogP contribution in [0.4, 0.5) is 5.82 Å². The van der Waals surface area contributed by atoms with Crippen LogP contribution in [-0.4, -0.2) is 29.6 Å². The van der Waals surface area contributed by atoms with E-state index >= 15 is 0 Å². The van der Waals surface area contributed by atoms with Crippen molar-refractivity contribution in [3.8, 4) is 0 Å². The lowest BCUT2D eigenvalue weighted by molar-refractivity contribution is 0.550. The molecule has 4 heteroatoms. The maximum absolute atomic E-state index is 4.39. The molecular weight excluding hydrogens is 212 g/mol. The topological polar surface area (TPSA) is 41.1 Å². The molecule has 17 heavy (non-hydrogen) atoms. The van der Waals surface area contributed by atoms with Gasteiger partial charge in [0.1, 0.15) is 12.1 Å². The van der Waals surface area contributed by atoms with E-state index in [4.69, 9.17) is 0 Å². The quantitative estimate of drug-likeness (QED) is 0.787. The maximum Gasteiger partial charge on any atom is 0.136 e. The molecule has 1 aromatic rings. The lowest BCUT2D eigenvalue weighted by atomic mass is 10.2. The molecule has 0 bridgehead atoms. The van der Waals surface area contributed by atoms with Gasteiger partial charge in [-0.05, 0) is 26.3 Å². The minimum atomic E-state index is 0.663. The van der Waals surface area contributed by atoms with Crippen LogP contribution in [0.3, 0.4) is 0 Å². The van der Waals surface area contributed by atoms with E-state index in [1.54, 1.807) is 6.33 Å². The minimum Gasteiger partial charge on any atom is -0.357 e. The lowest BCUT2D eigenvalue weighted by Crippen LogP contribution is -2.26. The number of nitrogens with zero attached hydrogens (tertiary/aromatic N) is 3. The summed E-state index contributed by atoms with van der Waals surface area (Å²) in [5, 5.41) is 3.44. The Hall–Kier alpha value is -1.16. The van der Waals surface area contributed by atoms with Crippen LogP contribution in [0.5, 0.6) is 0 Å². The van der Waals surface area contributed by atoms with Crippen LogP contribution in [0.1, 0.15) is 33.3 Å². The third kappa shape index (κ3) is 4.30. The fraction of sp³-hybridized carbons (Fsp3) is 0.692. The Morgan fingerprint density at radius 2 is 2.00 bits per heavy atom. The first kappa shape index (κ1) is 13.9. The second kappa shape index (κ2) is 7.22. The van der Waals surface area contributed by atoms with E-state index < -0.39 is 0 Å². The fourth-order valence-corrected chi connectivity index (χ4v) is 1.78. The lowest BCUT2D eigenvalue weighted by Gasteiger charge is -2.22. The third-order valence-corrected chi connectivity index (χ3v) is 2.70. The normalized spacial score (nSPS) is 10.9. The number of nitrogens with one attached hydrogen (secondary N) is 1. The molecule has 4 nitrogen and oxygen atoms in total. The highest BCUT2D eigenvalue weighted by molar-refractivity contribution is 5.45. The van der Waals surface area contributed by atoms with Gasteiger partial charge in [-0.25, -0.2) is 9.97 Å². The van der Waals surface area contributed by atoms with Gasteiger partial charge in [0.15, 0.2) is 0 Å². The van der Waals surface area contributed by atoms with Gasteiger partial charge in [-0.1, -0.05) is 13.8 Å². The molecule has 1 N–H and O–H groups in total. The molecule has 0 aliphatic carbocycles. The Morgan fingerprint density at radius 3 is 2.59 bits per heavy atom. The van der Waals surface area contributed by atoms with E-state index in [9.17, 15) is 0 Å². The summed E-state index contributed by atoms with van der Waals surface area (Å²) in [5.41, 5.74) is 1.18. The number of aromatic nitrogens is 2. The molecule has 1 heterocycles. The van der Waals surface area contributed by atoms with Crippen molar-refractivity contribution >= 4 is 5.82 Å². The fourth-order valence-electron chi connectivity index (χ4n) is 1.78. The predicted octanol–water partition coefficient (Wildman–Crippen LogP) is 2.07. The Balaban J connectivity index is 2.70. The zero-order chi connectivity index (χ0) is 12.7. The molecule has 1 aromatic heterocycles. The van der Waals surface area contributed by atoms with Gasteiger partial charge in [-0.3, -0.25) is 0 Å². The van der Waals surface area contributed by atoms with Gasteiger partial charge in [-0.2, -0.15) is 0 Å². The molecule has 0 aromatic carbocycles. The Bertz CT molecular complexity index is 321. The smallest absolute Gasteiger partial charge is 0.136 e. The summed E-state index contributed by atoms with van der Waals surface area (Å²) in [4.78, 5) is 10.8. The third-order valence-electron chi connectivity index (χ3n) is 2.70. The minimum absolute atomic E-state index is 0.663. The molecule has 0 saturated carbocycles. The van der Waals surface area contributed by atoms with Crippen molar-refractivity contribution in [2.45, 2.75) is 34.2 Å². The first-order valence-electron chi connectivity index (χ1n) is 6.43. The van der Waals surface area contributed by atoms with Crippen molar-refractivity contribution in [1.82, 2.24) is 15.3 Å². The van der Waals surface area contributed by atoms with Crippen molar-refractivity contribution in [2.24, 2.45) is 5.92 Å².